The first-order chi connectivity index (χ1) is 10.6. The Kier molecular flexibility index (Phi) is 3.90. The molecule has 0 unspecified atom stereocenters. The molecule has 0 fully saturated rings. The minimum Gasteiger partial charge on any atom is -0.268 e. The number of aromatic nitrogens is 3. The molecule has 1 aromatic carbocycles. The first-order valence-electron chi connectivity index (χ1n) is 6.93. The third-order valence-corrected chi connectivity index (χ3v) is 3.65. The van der Waals surface area contributed by atoms with Crippen LogP contribution in [0, 0.1) is 5.82 Å². The predicted octanol–water partition coefficient (Wildman–Crippen LogP) is 3.53. The lowest BCUT2D eigenvalue weighted by atomic mass is 10.2. The Bertz CT molecular complexity index is 908. The van der Waals surface area contributed by atoms with Crippen LogP contribution in [0.3, 0.4) is 0 Å². The van der Waals surface area contributed by atoms with Gasteiger partial charge < -0.3 is 0 Å². The molecule has 0 spiro atoms. The van der Waals surface area contributed by atoms with E-state index in [-0.39, 0.29) is 5.56 Å². The first-order valence-corrected chi connectivity index (χ1v) is 7.30. The zero-order chi connectivity index (χ0) is 15.7. The van der Waals surface area contributed by atoms with Crippen LogP contribution in [-0.2, 0) is 6.42 Å². The molecule has 3 rings (SSSR count). The molecule has 6 heteroatoms. The normalized spacial score (nSPS) is 11.0. The Morgan fingerprint density at radius 3 is 2.86 bits per heavy atom. The average molecular weight is 318 g/mol. The quantitative estimate of drug-likeness (QED) is 0.742. The molecule has 0 radical (unpaired) electrons. The van der Waals surface area contributed by atoms with E-state index < -0.39 is 5.82 Å². The maximum absolute atomic E-state index is 13.5. The van der Waals surface area contributed by atoms with Crippen molar-refractivity contribution >= 4 is 22.5 Å². The van der Waals surface area contributed by atoms with Crippen molar-refractivity contribution in [1.82, 2.24) is 14.5 Å². The van der Waals surface area contributed by atoms with Crippen LogP contribution in [0.1, 0.15) is 19.2 Å². The second-order valence-electron chi connectivity index (χ2n) is 4.91. The highest BCUT2D eigenvalue weighted by Gasteiger charge is 2.15. The minimum absolute atomic E-state index is 0.313. The third-order valence-electron chi connectivity index (χ3n) is 3.34. The number of hydrogen-bond donors (Lipinski definition) is 0. The van der Waals surface area contributed by atoms with Gasteiger partial charge in [0.05, 0.1) is 34.0 Å². The van der Waals surface area contributed by atoms with E-state index in [4.69, 9.17) is 11.6 Å². The SMILES string of the molecule is CCCc1nc2cccc(Cl)c2c(=O)n1-c1cncc(F)c1. The number of benzene rings is 1. The van der Waals surface area contributed by atoms with Gasteiger partial charge >= 0.3 is 0 Å². The average Bonchev–Trinajstić information content (AvgIpc) is 2.47. The minimum atomic E-state index is -0.508. The Morgan fingerprint density at radius 2 is 2.14 bits per heavy atom. The fourth-order valence-electron chi connectivity index (χ4n) is 2.42. The maximum atomic E-state index is 13.5. The molecule has 0 bridgehead atoms. The molecule has 0 N–H and O–H groups in total. The molecule has 112 valence electrons. The highest BCUT2D eigenvalue weighted by atomic mass is 35.5. The number of pyridine rings is 1. The topological polar surface area (TPSA) is 47.8 Å². The van der Waals surface area contributed by atoms with Gasteiger partial charge in [0, 0.05) is 12.5 Å². The largest absolute Gasteiger partial charge is 0.268 e. The lowest BCUT2D eigenvalue weighted by Gasteiger charge is -2.13. The summed E-state index contributed by atoms with van der Waals surface area (Å²) in [7, 11) is 0. The summed E-state index contributed by atoms with van der Waals surface area (Å²) in [5.41, 5.74) is 0.579. The lowest BCUT2D eigenvalue weighted by Crippen LogP contribution is -2.24. The van der Waals surface area contributed by atoms with Crippen LogP contribution in [0.2, 0.25) is 5.02 Å². The number of aryl methyl sites for hydroxylation is 1. The summed E-state index contributed by atoms with van der Waals surface area (Å²) < 4.78 is 14.9. The monoisotopic (exact) mass is 317 g/mol. The molecule has 0 aliphatic rings. The zero-order valence-electron chi connectivity index (χ0n) is 11.9. The van der Waals surface area contributed by atoms with Gasteiger partial charge in [-0.2, -0.15) is 0 Å². The molecule has 0 saturated carbocycles. The molecular formula is C16H13ClFN3O. The van der Waals surface area contributed by atoms with E-state index in [2.05, 4.69) is 9.97 Å². The predicted molar refractivity (Wildman–Crippen MR) is 84.1 cm³/mol. The van der Waals surface area contributed by atoms with E-state index in [1.165, 1.54) is 16.8 Å². The van der Waals surface area contributed by atoms with Crippen LogP contribution >= 0.6 is 11.6 Å². The Morgan fingerprint density at radius 1 is 1.32 bits per heavy atom. The summed E-state index contributed by atoms with van der Waals surface area (Å²) in [6.45, 7) is 1.99. The number of hydrogen-bond acceptors (Lipinski definition) is 3. The van der Waals surface area contributed by atoms with Crippen LogP contribution in [0.5, 0.6) is 0 Å². The zero-order valence-corrected chi connectivity index (χ0v) is 12.6. The maximum Gasteiger partial charge on any atom is 0.267 e. The van der Waals surface area contributed by atoms with E-state index in [9.17, 15) is 9.18 Å². The third kappa shape index (κ3) is 2.48. The standard InChI is InChI=1S/C16H13ClFN3O/c1-2-4-14-20-13-6-3-5-12(17)15(13)16(22)21(14)11-7-10(18)8-19-9-11/h3,5-9H,2,4H2,1H3. The number of rotatable bonds is 3. The Hall–Kier alpha value is -2.27. The molecule has 0 amide bonds. The molecule has 22 heavy (non-hydrogen) atoms. The van der Waals surface area contributed by atoms with Gasteiger partial charge in [0.25, 0.3) is 5.56 Å². The molecular weight excluding hydrogens is 305 g/mol. The highest BCUT2D eigenvalue weighted by molar-refractivity contribution is 6.35. The van der Waals surface area contributed by atoms with Gasteiger partial charge in [0.15, 0.2) is 0 Å². The molecule has 0 aliphatic heterocycles. The summed E-state index contributed by atoms with van der Waals surface area (Å²) in [5.74, 6) is 0.0563. The molecule has 2 heterocycles. The van der Waals surface area contributed by atoms with Crippen LogP contribution in [0.25, 0.3) is 16.6 Å². The Balaban J connectivity index is 2.41. The number of fused-ring (bicyclic) bond motifs is 1. The van der Waals surface area contributed by atoms with E-state index in [1.807, 2.05) is 6.92 Å². The summed E-state index contributed by atoms with van der Waals surface area (Å²) >= 11 is 6.14. The fourth-order valence-corrected chi connectivity index (χ4v) is 2.67. The van der Waals surface area contributed by atoms with E-state index in [0.29, 0.717) is 33.9 Å². The van der Waals surface area contributed by atoms with Crippen LogP contribution in [-0.4, -0.2) is 14.5 Å². The molecule has 2 aromatic heterocycles. The fraction of sp³-hybridized carbons (Fsp3) is 0.188. The van der Waals surface area contributed by atoms with Crippen molar-refractivity contribution in [1.29, 1.82) is 0 Å². The van der Waals surface area contributed by atoms with Crippen LogP contribution in [0.4, 0.5) is 4.39 Å². The molecule has 4 nitrogen and oxygen atoms in total. The summed E-state index contributed by atoms with van der Waals surface area (Å²) in [5, 5.41) is 0.657. The van der Waals surface area contributed by atoms with Crippen molar-refractivity contribution in [3.63, 3.8) is 0 Å². The van der Waals surface area contributed by atoms with Crippen molar-refractivity contribution in [2.24, 2.45) is 0 Å². The molecule has 0 aliphatic carbocycles. The van der Waals surface area contributed by atoms with Gasteiger partial charge in [-0.1, -0.05) is 24.6 Å². The summed E-state index contributed by atoms with van der Waals surface area (Å²) in [6, 6.07) is 6.40. The van der Waals surface area contributed by atoms with Crippen LogP contribution < -0.4 is 5.56 Å². The van der Waals surface area contributed by atoms with Crippen molar-refractivity contribution in [3.05, 3.63) is 63.7 Å². The van der Waals surface area contributed by atoms with Crippen molar-refractivity contribution in [3.8, 4) is 5.69 Å². The summed E-state index contributed by atoms with van der Waals surface area (Å²) in [6.07, 6.45) is 3.93. The Labute approximate surface area is 131 Å². The van der Waals surface area contributed by atoms with E-state index in [0.717, 1.165) is 12.6 Å². The number of nitrogens with zero attached hydrogens (tertiary/aromatic N) is 3. The smallest absolute Gasteiger partial charge is 0.267 e. The van der Waals surface area contributed by atoms with Gasteiger partial charge in [0.1, 0.15) is 11.6 Å². The van der Waals surface area contributed by atoms with Gasteiger partial charge in [-0.25, -0.2) is 9.37 Å². The molecule has 3 aromatic rings. The van der Waals surface area contributed by atoms with E-state index >= 15 is 0 Å². The van der Waals surface area contributed by atoms with Gasteiger partial charge in [-0.15, -0.1) is 0 Å². The second kappa shape index (κ2) is 5.85. The van der Waals surface area contributed by atoms with Gasteiger partial charge in [0.2, 0.25) is 0 Å². The van der Waals surface area contributed by atoms with Crippen LogP contribution in [0.15, 0.2) is 41.5 Å². The summed E-state index contributed by atoms with van der Waals surface area (Å²) in [4.78, 5) is 21.2. The highest BCUT2D eigenvalue weighted by Crippen LogP contribution is 2.20. The van der Waals surface area contributed by atoms with Gasteiger partial charge in [-0.3, -0.25) is 14.3 Å². The first kappa shape index (κ1) is 14.7. The van der Waals surface area contributed by atoms with Crippen molar-refractivity contribution < 1.29 is 4.39 Å². The second-order valence-corrected chi connectivity index (χ2v) is 5.32. The number of halogens is 2. The van der Waals surface area contributed by atoms with Crippen molar-refractivity contribution in [2.45, 2.75) is 19.8 Å². The molecule has 0 atom stereocenters. The lowest BCUT2D eigenvalue weighted by molar-refractivity contribution is 0.618. The van der Waals surface area contributed by atoms with E-state index in [1.54, 1.807) is 18.2 Å². The van der Waals surface area contributed by atoms with Crippen molar-refractivity contribution in [2.75, 3.05) is 0 Å². The molecule has 0 saturated heterocycles. The van der Waals surface area contributed by atoms with Gasteiger partial charge in [-0.05, 0) is 18.6 Å².